The molecule has 5 aromatic rings. The van der Waals surface area contributed by atoms with Crippen molar-refractivity contribution in [2.45, 2.75) is 39.5 Å². The van der Waals surface area contributed by atoms with Crippen LogP contribution in [0.1, 0.15) is 38.7 Å². The van der Waals surface area contributed by atoms with Crippen LogP contribution in [0, 0.1) is 17.7 Å². The molecule has 0 bridgehead atoms. The molecular weight excluding hydrogens is 511 g/mol. The maximum Gasteiger partial charge on any atom is 0.306 e. The van der Waals surface area contributed by atoms with Gasteiger partial charge in [0, 0.05) is 23.5 Å². The van der Waals surface area contributed by atoms with Gasteiger partial charge >= 0.3 is 5.97 Å². The third kappa shape index (κ3) is 5.80. The van der Waals surface area contributed by atoms with E-state index in [1.54, 1.807) is 42.7 Å². The zero-order valence-corrected chi connectivity index (χ0v) is 22.2. The number of carboxylic acids is 1. The van der Waals surface area contributed by atoms with Crippen LogP contribution in [-0.4, -0.2) is 41.2 Å². The molecule has 1 aliphatic carbocycles. The first-order chi connectivity index (χ1) is 19.4. The summed E-state index contributed by atoms with van der Waals surface area (Å²) in [6.07, 6.45) is 7.10. The van der Waals surface area contributed by atoms with Gasteiger partial charge in [0.1, 0.15) is 17.2 Å². The van der Waals surface area contributed by atoms with E-state index in [0.29, 0.717) is 23.1 Å². The minimum atomic E-state index is -0.612. The lowest BCUT2D eigenvalue weighted by Crippen LogP contribution is -2.08. The van der Waals surface area contributed by atoms with Crippen molar-refractivity contribution in [3.63, 3.8) is 0 Å². The normalized spacial score (nSPS) is 16.4. The number of hydrogen-bond donors (Lipinski definition) is 1. The Hall–Kier alpha value is -4.73. The zero-order chi connectivity index (χ0) is 28.1. The number of carbonyl (C=O) groups is 1. The van der Waals surface area contributed by atoms with Crippen LogP contribution in [0.25, 0.3) is 39.9 Å². The van der Waals surface area contributed by atoms with Crippen molar-refractivity contribution in [3.8, 4) is 39.9 Å². The summed E-state index contributed by atoms with van der Waals surface area (Å²) in [5.41, 5.74) is 3.95. The highest BCUT2D eigenvalue weighted by Gasteiger charge is 2.26. The predicted octanol–water partition coefficient (Wildman–Crippen LogP) is 6.26. The van der Waals surface area contributed by atoms with Crippen LogP contribution in [-0.2, 0) is 11.2 Å². The molecule has 1 saturated carbocycles. The number of aromatic nitrogens is 6. The molecule has 9 nitrogen and oxygen atoms in total. The minimum absolute atomic E-state index is 0.0417. The molecule has 2 aromatic carbocycles. The third-order valence-electron chi connectivity index (χ3n) is 7.00. The van der Waals surface area contributed by atoms with E-state index >= 15 is 0 Å². The Morgan fingerprint density at radius 2 is 1.80 bits per heavy atom. The van der Waals surface area contributed by atoms with Gasteiger partial charge in [-0.3, -0.25) is 9.78 Å². The lowest BCUT2D eigenvalue weighted by molar-refractivity contribution is -0.141. The summed E-state index contributed by atoms with van der Waals surface area (Å²) in [4.78, 5) is 18.9. The molecule has 204 valence electrons. The fourth-order valence-corrected chi connectivity index (χ4v) is 4.74. The van der Waals surface area contributed by atoms with Crippen LogP contribution in [0.2, 0.25) is 0 Å². The average molecular weight is 541 g/mol. The number of aryl methyl sites for hydroxylation is 1. The van der Waals surface area contributed by atoms with Gasteiger partial charge in [0.25, 0.3) is 5.89 Å². The first-order valence-electron chi connectivity index (χ1n) is 13.2. The number of para-hydroxylation sites is 1. The Morgan fingerprint density at radius 1 is 1.05 bits per heavy atom. The van der Waals surface area contributed by atoms with Gasteiger partial charge < -0.3 is 9.63 Å². The molecule has 2 atom stereocenters. The predicted molar refractivity (Wildman–Crippen MR) is 147 cm³/mol. The minimum Gasteiger partial charge on any atom is -0.481 e. The first kappa shape index (κ1) is 26.9. The van der Waals surface area contributed by atoms with E-state index in [1.807, 2.05) is 24.3 Å². The molecule has 1 fully saturated rings. The highest BCUT2D eigenvalue weighted by molar-refractivity contribution is 5.76. The van der Waals surface area contributed by atoms with E-state index in [0.717, 1.165) is 36.8 Å². The number of rotatable bonds is 6. The van der Waals surface area contributed by atoms with Gasteiger partial charge in [0.05, 0.1) is 5.92 Å². The topological polar surface area (TPSA) is 120 Å². The number of hydrogen-bond acceptors (Lipinski definition) is 7. The molecule has 1 aliphatic rings. The number of pyridine rings is 1. The van der Waals surface area contributed by atoms with Crippen LogP contribution in [0.5, 0.6) is 0 Å². The average Bonchev–Trinajstić information content (AvgIpc) is 3.74. The van der Waals surface area contributed by atoms with E-state index < -0.39 is 11.8 Å². The summed E-state index contributed by atoms with van der Waals surface area (Å²) in [6.45, 7) is 4.21. The van der Waals surface area contributed by atoms with Gasteiger partial charge in [-0.2, -0.15) is 4.98 Å². The van der Waals surface area contributed by atoms with E-state index in [4.69, 9.17) is 9.63 Å². The van der Waals surface area contributed by atoms with Crippen LogP contribution < -0.4 is 0 Å². The monoisotopic (exact) mass is 540 g/mol. The van der Waals surface area contributed by atoms with Gasteiger partial charge in [-0.05, 0) is 61.4 Å². The second kappa shape index (κ2) is 12.0. The van der Waals surface area contributed by atoms with Crippen LogP contribution in [0.3, 0.4) is 0 Å². The second-order valence-electron chi connectivity index (χ2n) is 9.81. The van der Waals surface area contributed by atoms with Gasteiger partial charge in [-0.15, -0.1) is 5.10 Å². The van der Waals surface area contributed by atoms with Gasteiger partial charge in [-0.25, -0.2) is 9.07 Å². The van der Waals surface area contributed by atoms with Crippen molar-refractivity contribution >= 4 is 5.97 Å². The molecule has 0 saturated heterocycles. The van der Waals surface area contributed by atoms with Crippen LogP contribution in [0.15, 0.2) is 77.6 Å². The van der Waals surface area contributed by atoms with Crippen molar-refractivity contribution < 1.29 is 18.8 Å². The quantitative estimate of drug-likeness (QED) is 0.268. The Kier molecular flexibility index (Phi) is 8.04. The lowest BCUT2D eigenvalue weighted by Gasteiger charge is -2.08. The molecule has 3 aromatic heterocycles. The fraction of sp³-hybridized carbons (Fsp3) is 0.267. The smallest absolute Gasteiger partial charge is 0.306 e. The summed E-state index contributed by atoms with van der Waals surface area (Å²) in [5.74, 6) is 0.199. The number of nitrogens with zero attached hydrogens (tertiary/aromatic N) is 6. The zero-order valence-electron chi connectivity index (χ0n) is 22.2. The van der Waals surface area contributed by atoms with Gasteiger partial charge in [-0.1, -0.05) is 60.6 Å². The molecule has 1 N–H and O–H groups in total. The first-order valence-corrected chi connectivity index (χ1v) is 13.2. The van der Waals surface area contributed by atoms with Gasteiger partial charge in [0.15, 0.2) is 5.69 Å². The van der Waals surface area contributed by atoms with E-state index in [1.165, 1.54) is 16.3 Å². The molecule has 0 spiro atoms. The highest BCUT2D eigenvalue weighted by Crippen LogP contribution is 2.33. The molecule has 10 heteroatoms. The van der Waals surface area contributed by atoms with Crippen molar-refractivity contribution in [1.29, 1.82) is 0 Å². The molecule has 0 aliphatic heterocycles. The van der Waals surface area contributed by atoms with Gasteiger partial charge in [0.2, 0.25) is 5.82 Å². The molecule has 2 unspecified atom stereocenters. The van der Waals surface area contributed by atoms with E-state index in [-0.39, 0.29) is 17.5 Å². The Labute approximate surface area is 230 Å². The number of carboxylic acid groups (broad SMARTS) is 1. The van der Waals surface area contributed by atoms with Crippen molar-refractivity contribution in [3.05, 3.63) is 84.4 Å². The standard InChI is InChI=1S/C23H17FN6O.C7H12O2/c1-2-15-7-9-17(10-8-15)22-26-23(31-28-22)20-21(16-11-13-25-14-12-16)30(29-27-20)19-6-4-3-5-18(19)24;1-5-2-3-6(4-5)7(8)9/h3-14H,2H2,1H3;5-6H,2-4H2,1H3,(H,8,9). The van der Waals surface area contributed by atoms with Crippen LogP contribution in [0.4, 0.5) is 4.39 Å². The SMILES string of the molecule is CC1CCC(C(=O)O)C1.CCc1ccc(-c2noc(-c3nnn(-c4ccccc4F)c3-c3ccncc3)n2)cc1. The van der Waals surface area contributed by atoms with Crippen molar-refractivity contribution in [1.82, 2.24) is 30.1 Å². The summed E-state index contributed by atoms with van der Waals surface area (Å²) in [7, 11) is 0. The highest BCUT2D eigenvalue weighted by atomic mass is 19.1. The molecular formula is C30H29FN6O3. The Bertz CT molecular complexity index is 1580. The molecule has 40 heavy (non-hydrogen) atoms. The summed E-state index contributed by atoms with van der Waals surface area (Å²) >= 11 is 0. The van der Waals surface area contributed by atoms with Crippen LogP contribution >= 0.6 is 0 Å². The second-order valence-corrected chi connectivity index (χ2v) is 9.81. The molecule has 0 amide bonds. The molecule has 3 heterocycles. The maximum atomic E-state index is 14.5. The van der Waals surface area contributed by atoms with Crippen molar-refractivity contribution in [2.75, 3.05) is 0 Å². The van der Waals surface area contributed by atoms with E-state index in [2.05, 4.69) is 39.3 Å². The number of benzene rings is 2. The summed E-state index contributed by atoms with van der Waals surface area (Å²) in [5, 5.41) is 21.1. The fourth-order valence-electron chi connectivity index (χ4n) is 4.74. The van der Waals surface area contributed by atoms with Crippen molar-refractivity contribution in [2.24, 2.45) is 11.8 Å². The van der Waals surface area contributed by atoms with E-state index in [9.17, 15) is 9.18 Å². The Balaban J connectivity index is 0.000000306. The molecule has 0 radical (unpaired) electrons. The number of halogens is 1. The largest absolute Gasteiger partial charge is 0.481 e. The lowest BCUT2D eigenvalue weighted by atomic mass is 10.1. The third-order valence-corrected chi connectivity index (χ3v) is 7.00. The Morgan fingerprint density at radius 3 is 2.42 bits per heavy atom. The molecule has 6 rings (SSSR count). The summed E-state index contributed by atoms with van der Waals surface area (Å²) < 4.78 is 21.5. The maximum absolute atomic E-state index is 14.5. The number of aliphatic carboxylic acids is 1. The summed E-state index contributed by atoms with van der Waals surface area (Å²) in [6, 6.07) is 17.9.